The Hall–Kier alpha value is -1.87. The molecule has 2 nitrogen and oxygen atoms in total. The summed E-state index contributed by atoms with van der Waals surface area (Å²) >= 11 is 5.67. The van der Waals surface area contributed by atoms with Crippen molar-refractivity contribution in [3.63, 3.8) is 0 Å². The summed E-state index contributed by atoms with van der Waals surface area (Å²) in [5.74, 6) is 0. The molecule has 0 fully saturated rings. The predicted octanol–water partition coefficient (Wildman–Crippen LogP) is 4.76. The molecule has 2 aromatic carbocycles. The Kier molecular flexibility index (Phi) is 4.16. The number of rotatable bonds is 1. The first-order chi connectivity index (χ1) is 10.5. The summed E-state index contributed by atoms with van der Waals surface area (Å²) in [5, 5.41) is 4.21. The number of nitrogens with zero attached hydrogens (tertiary/aromatic N) is 1. The van der Waals surface area contributed by atoms with E-state index >= 15 is 0 Å². The molecule has 0 radical (unpaired) electrons. The number of anilines is 2. The largest absolute Gasteiger partial charge is 0.332 e. The van der Waals surface area contributed by atoms with Crippen molar-refractivity contribution in [2.24, 2.45) is 0 Å². The normalized spacial score (nSPS) is 13.7. The van der Waals surface area contributed by atoms with Gasteiger partial charge in [-0.05, 0) is 69.1 Å². The number of hydrogen-bond acceptors (Lipinski definition) is 1. The first-order valence-corrected chi connectivity index (χ1v) is 8.21. The Bertz CT molecular complexity index is 721. The molecule has 0 aliphatic carbocycles. The maximum Gasteiger partial charge on any atom is 0.177 e. The second kappa shape index (κ2) is 6.09. The Morgan fingerprint density at radius 3 is 2.55 bits per heavy atom. The lowest BCUT2D eigenvalue weighted by molar-refractivity contribution is 0.780. The van der Waals surface area contributed by atoms with Gasteiger partial charge in [0.05, 0.1) is 0 Å². The van der Waals surface area contributed by atoms with Gasteiger partial charge in [-0.2, -0.15) is 0 Å². The molecule has 0 amide bonds. The number of benzene rings is 2. The number of hydrogen-bond donors (Lipinski definition) is 1. The molecule has 2 aromatic rings. The quantitative estimate of drug-likeness (QED) is 0.764. The fraction of sp³-hybridized carbons (Fsp3) is 0.316. The highest BCUT2D eigenvalue weighted by Crippen LogP contribution is 2.29. The van der Waals surface area contributed by atoms with E-state index in [1.54, 1.807) is 0 Å². The molecule has 1 aliphatic rings. The minimum atomic E-state index is 0.789. The Balaban J connectivity index is 1.85. The van der Waals surface area contributed by atoms with Gasteiger partial charge in [0.1, 0.15) is 0 Å². The fourth-order valence-corrected chi connectivity index (χ4v) is 3.37. The molecular weight excluding hydrogens is 288 g/mol. The van der Waals surface area contributed by atoms with Crippen LogP contribution in [0.5, 0.6) is 0 Å². The molecule has 0 aromatic heterocycles. The molecule has 0 spiro atoms. The highest BCUT2D eigenvalue weighted by Gasteiger charge is 2.20. The summed E-state index contributed by atoms with van der Waals surface area (Å²) in [5.41, 5.74) is 7.55. The Morgan fingerprint density at radius 1 is 1.05 bits per heavy atom. The number of fused-ring (bicyclic) bond motifs is 1. The first kappa shape index (κ1) is 15.0. The summed E-state index contributed by atoms with van der Waals surface area (Å²) in [7, 11) is 0. The van der Waals surface area contributed by atoms with E-state index < -0.39 is 0 Å². The second-order valence-corrected chi connectivity index (χ2v) is 6.52. The van der Waals surface area contributed by atoms with Gasteiger partial charge in [0, 0.05) is 17.9 Å². The van der Waals surface area contributed by atoms with Gasteiger partial charge >= 0.3 is 0 Å². The summed E-state index contributed by atoms with van der Waals surface area (Å²) in [6.07, 6.45) is 2.28. The van der Waals surface area contributed by atoms with Crippen molar-refractivity contribution in [3.8, 4) is 0 Å². The van der Waals surface area contributed by atoms with Crippen molar-refractivity contribution in [2.75, 3.05) is 16.8 Å². The van der Waals surface area contributed by atoms with Gasteiger partial charge in [0.2, 0.25) is 0 Å². The van der Waals surface area contributed by atoms with Crippen LogP contribution in [-0.4, -0.2) is 11.7 Å². The molecule has 0 unspecified atom stereocenters. The fourth-order valence-electron chi connectivity index (χ4n) is 3.07. The maximum atomic E-state index is 5.67. The third-order valence-corrected chi connectivity index (χ3v) is 4.54. The van der Waals surface area contributed by atoms with Crippen molar-refractivity contribution in [2.45, 2.75) is 33.6 Å². The standard InChI is InChI=1S/C19H22N2S/c1-13-6-8-17(15(3)11-13)20-19(22)21-10-4-5-16-12-14(2)7-9-18(16)21/h6-9,11-12H,4-5,10H2,1-3H3,(H,20,22). The van der Waals surface area contributed by atoms with Crippen LogP contribution in [0.1, 0.15) is 28.7 Å². The van der Waals surface area contributed by atoms with E-state index in [1.807, 2.05) is 0 Å². The highest BCUT2D eigenvalue weighted by molar-refractivity contribution is 7.80. The Morgan fingerprint density at radius 2 is 1.77 bits per heavy atom. The van der Waals surface area contributed by atoms with Gasteiger partial charge in [-0.15, -0.1) is 0 Å². The lowest BCUT2D eigenvalue weighted by Crippen LogP contribution is -2.38. The number of thiocarbonyl (C=S) groups is 1. The topological polar surface area (TPSA) is 15.3 Å². The van der Waals surface area contributed by atoms with Crippen molar-refractivity contribution in [1.29, 1.82) is 0 Å². The van der Waals surface area contributed by atoms with E-state index in [4.69, 9.17) is 12.2 Å². The molecular formula is C19H22N2S. The van der Waals surface area contributed by atoms with E-state index in [-0.39, 0.29) is 0 Å². The molecule has 1 aliphatic heterocycles. The summed E-state index contributed by atoms with van der Waals surface area (Å²) in [4.78, 5) is 2.23. The lowest BCUT2D eigenvalue weighted by atomic mass is 10.00. The van der Waals surface area contributed by atoms with Crippen LogP contribution in [0.2, 0.25) is 0 Å². The second-order valence-electron chi connectivity index (χ2n) is 6.14. The zero-order valence-electron chi connectivity index (χ0n) is 13.4. The molecule has 0 saturated carbocycles. The Labute approximate surface area is 138 Å². The van der Waals surface area contributed by atoms with Crippen molar-refractivity contribution < 1.29 is 0 Å². The van der Waals surface area contributed by atoms with Crippen LogP contribution in [-0.2, 0) is 6.42 Å². The third kappa shape index (κ3) is 3.00. The van der Waals surface area contributed by atoms with Crippen LogP contribution >= 0.6 is 12.2 Å². The van der Waals surface area contributed by atoms with Gasteiger partial charge in [0.25, 0.3) is 0 Å². The van der Waals surface area contributed by atoms with Crippen LogP contribution in [0.3, 0.4) is 0 Å². The lowest BCUT2D eigenvalue weighted by Gasteiger charge is -2.32. The molecule has 3 rings (SSSR count). The first-order valence-electron chi connectivity index (χ1n) is 7.80. The summed E-state index contributed by atoms with van der Waals surface area (Å²) < 4.78 is 0. The number of nitrogens with one attached hydrogen (secondary N) is 1. The van der Waals surface area contributed by atoms with Crippen molar-refractivity contribution in [1.82, 2.24) is 0 Å². The summed E-state index contributed by atoms with van der Waals surface area (Å²) in [6, 6.07) is 13.0. The van der Waals surface area contributed by atoms with Gasteiger partial charge in [0.15, 0.2) is 5.11 Å². The highest BCUT2D eigenvalue weighted by atomic mass is 32.1. The van der Waals surface area contributed by atoms with Gasteiger partial charge in [-0.1, -0.05) is 35.4 Å². The van der Waals surface area contributed by atoms with Crippen molar-refractivity contribution >= 4 is 28.7 Å². The molecule has 0 saturated heterocycles. The molecule has 3 heteroatoms. The smallest absolute Gasteiger partial charge is 0.177 e. The summed E-state index contributed by atoms with van der Waals surface area (Å²) in [6.45, 7) is 7.35. The maximum absolute atomic E-state index is 5.67. The van der Waals surface area contributed by atoms with Crippen molar-refractivity contribution in [3.05, 3.63) is 58.7 Å². The molecule has 0 atom stereocenters. The SMILES string of the molecule is Cc1ccc(NC(=S)N2CCCc3cc(C)ccc32)c(C)c1. The minimum Gasteiger partial charge on any atom is -0.332 e. The van der Waals surface area contributed by atoms with Crippen LogP contribution in [0, 0.1) is 20.8 Å². The zero-order chi connectivity index (χ0) is 15.7. The third-order valence-electron chi connectivity index (χ3n) is 4.22. The molecule has 0 bridgehead atoms. The van der Waals surface area contributed by atoms with Crippen LogP contribution in [0.25, 0.3) is 0 Å². The van der Waals surface area contributed by atoms with E-state index in [1.165, 1.54) is 27.9 Å². The zero-order valence-corrected chi connectivity index (χ0v) is 14.3. The molecule has 22 heavy (non-hydrogen) atoms. The average molecular weight is 310 g/mol. The number of aryl methyl sites for hydroxylation is 4. The van der Waals surface area contributed by atoms with E-state index in [0.717, 1.165) is 30.2 Å². The van der Waals surface area contributed by atoms with E-state index in [0.29, 0.717) is 0 Å². The van der Waals surface area contributed by atoms with Crippen LogP contribution in [0.4, 0.5) is 11.4 Å². The van der Waals surface area contributed by atoms with E-state index in [9.17, 15) is 0 Å². The predicted molar refractivity (Wildman–Crippen MR) is 99.0 cm³/mol. The van der Waals surface area contributed by atoms with Crippen LogP contribution in [0.15, 0.2) is 36.4 Å². The minimum absolute atomic E-state index is 0.789. The molecule has 1 N–H and O–H groups in total. The monoisotopic (exact) mass is 310 g/mol. The van der Waals surface area contributed by atoms with Gasteiger partial charge in [-0.3, -0.25) is 0 Å². The van der Waals surface area contributed by atoms with Crippen LogP contribution < -0.4 is 10.2 Å². The molecule has 1 heterocycles. The van der Waals surface area contributed by atoms with E-state index in [2.05, 4.69) is 67.4 Å². The van der Waals surface area contributed by atoms with Gasteiger partial charge < -0.3 is 10.2 Å². The van der Waals surface area contributed by atoms with Gasteiger partial charge in [-0.25, -0.2) is 0 Å². The average Bonchev–Trinajstić information content (AvgIpc) is 2.49. The molecule has 114 valence electrons.